The Labute approximate surface area is 146 Å². The predicted octanol–water partition coefficient (Wildman–Crippen LogP) is -0.802. The fourth-order valence-electron chi connectivity index (χ4n) is 1.58. The van der Waals surface area contributed by atoms with Gasteiger partial charge >= 0.3 is 0 Å². The molecule has 0 heterocycles. The van der Waals surface area contributed by atoms with Crippen molar-refractivity contribution in [2.45, 2.75) is 32.9 Å². The van der Waals surface area contributed by atoms with Crippen molar-refractivity contribution in [1.82, 2.24) is 10.6 Å². The first kappa shape index (κ1) is 25.2. The van der Waals surface area contributed by atoms with Crippen molar-refractivity contribution in [1.29, 1.82) is 0 Å². The predicted molar refractivity (Wildman–Crippen MR) is 93.8 cm³/mol. The smallest absolute Gasteiger partial charge is 0.264 e. The van der Waals surface area contributed by atoms with E-state index in [1.165, 1.54) is 0 Å². The van der Waals surface area contributed by atoms with Gasteiger partial charge in [0.15, 0.2) is 0 Å². The molecule has 0 aromatic carbocycles. The van der Waals surface area contributed by atoms with E-state index in [1.54, 1.807) is 21.1 Å². The van der Waals surface area contributed by atoms with Crippen LogP contribution in [-0.2, 0) is 14.9 Å². The maximum atomic E-state index is 10.5. The number of nitrogens with one attached hydrogen (secondary N) is 2. The molecule has 0 amide bonds. The summed E-state index contributed by atoms with van der Waals surface area (Å²) >= 11 is 0. The Bertz CT molecular complexity index is 472. The van der Waals surface area contributed by atoms with Crippen molar-refractivity contribution < 1.29 is 27.4 Å². The van der Waals surface area contributed by atoms with E-state index in [9.17, 15) is 18.3 Å². The summed E-state index contributed by atoms with van der Waals surface area (Å²) in [7, 11) is 1.58. The minimum Gasteiger partial charge on any atom is -0.544 e. The summed E-state index contributed by atoms with van der Waals surface area (Å²) in [4.78, 5) is 9.89. The average molecular weight is 368 g/mol. The third-order valence-electron chi connectivity index (χ3n) is 2.63. The second kappa shape index (κ2) is 12.4. The van der Waals surface area contributed by atoms with Crippen LogP contribution in [0.15, 0.2) is 12.2 Å². The van der Waals surface area contributed by atoms with Crippen LogP contribution < -0.4 is 15.7 Å². The van der Waals surface area contributed by atoms with E-state index in [4.69, 9.17) is 4.55 Å². The molecule has 0 aliphatic carbocycles. The van der Waals surface area contributed by atoms with Crippen LogP contribution in [0.5, 0.6) is 0 Å². The first-order valence-electron chi connectivity index (χ1n) is 7.83. The highest BCUT2D eigenvalue weighted by molar-refractivity contribution is 7.85. The van der Waals surface area contributed by atoms with Gasteiger partial charge in [-0.1, -0.05) is 19.1 Å². The van der Waals surface area contributed by atoms with Crippen LogP contribution in [0.2, 0.25) is 0 Å². The first-order valence-corrected chi connectivity index (χ1v) is 9.44. The Hall–Kier alpha value is -1.00. The maximum absolute atomic E-state index is 10.5. The summed E-state index contributed by atoms with van der Waals surface area (Å²) in [5.74, 6) is -1.20. The second-order valence-corrected chi connectivity index (χ2v) is 8.29. The minimum absolute atomic E-state index is 0.0694. The lowest BCUT2D eigenvalue weighted by Gasteiger charge is -2.23. The van der Waals surface area contributed by atoms with Gasteiger partial charge in [0.25, 0.3) is 10.1 Å². The monoisotopic (exact) mass is 367 g/mol. The van der Waals surface area contributed by atoms with Crippen LogP contribution in [0.25, 0.3) is 0 Å². The lowest BCUT2D eigenvalue weighted by atomic mass is 10.3. The number of carbonyl (C=O) groups excluding carboxylic acids is 1. The molecule has 9 heteroatoms. The number of carboxylic acids is 1. The fraction of sp³-hybridized carbons (Fsp3) is 0.800. The minimum atomic E-state index is -3.83. The van der Waals surface area contributed by atoms with Gasteiger partial charge in [0.2, 0.25) is 0 Å². The van der Waals surface area contributed by atoms with E-state index in [-0.39, 0.29) is 18.5 Å². The molecule has 0 fully saturated rings. The van der Waals surface area contributed by atoms with E-state index >= 15 is 0 Å². The Balaban J connectivity index is 0. The molecular weight excluding hydrogens is 334 g/mol. The number of rotatable bonds is 11. The lowest BCUT2D eigenvalue weighted by Crippen LogP contribution is -2.45. The second-order valence-electron chi connectivity index (χ2n) is 6.71. The summed E-state index contributed by atoms with van der Waals surface area (Å²) < 4.78 is 29.9. The van der Waals surface area contributed by atoms with Crippen LogP contribution >= 0.6 is 0 Å². The molecule has 8 nitrogen and oxygen atoms in total. The zero-order chi connectivity index (χ0) is 19.4. The molecule has 0 spiro atoms. The Morgan fingerprint density at radius 3 is 2.12 bits per heavy atom. The number of nitrogens with zero attached hydrogens (tertiary/aromatic N) is 1. The van der Waals surface area contributed by atoms with E-state index in [2.05, 4.69) is 17.2 Å². The quantitative estimate of drug-likeness (QED) is 0.144. The highest BCUT2D eigenvalue weighted by Crippen LogP contribution is 1.92. The first-order chi connectivity index (χ1) is 10.8. The van der Waals surface area contributed by atoms with Crippen LogP contribution in [0, 0.1) is 0 Å². The van der Waals surface area contributed by atoms with Gasteiger partial charge in [-0.3, -0.25) is 9.87 Å². The van der Waals surface area contributed by atoms with Crippen molar-refractivity contribution in [3.05, 3.63) is 12.2 Å². The molecule has 144 valence electrons. The Morgan fingerprint density at radius 2 is 1.83 bits per heavy atom. The van der Waals surface area contributed by atoms with E-state index in [0.717, 1.165) is 18.5 Å². The fourth-order valence-corrected chi connectivity index (χ4v) is 2.09. The van der Waals surface area contributed by atoms with Crippen LogP contribution in [-0.4, -0.2) is 76.1 Å². The van der Waals surface area contributed by atoms with Gasteiger partial charge in [0.05, 0.1) is 39.0 Å². The molecular formula is C15H33N3O5S. The van der Waals surface area contributed by atoms with Gasteiger partial charge < -0.3 is 19.7 Å². The molecule has 0 rings (SSSR count). The molecule has 24 heavy (non-hydrogen) atoms. The maximum Gasteiger partial charge on any atom is 0.264 e. The van der Waals surface area contributed by atoms with Crippen LogP contribution in [0.1, 0.15) is 26.7 Å². The third-order valence-corrected chi connectivity index (χ3v) is 3.44. The highest BCUT2D eigenvalue weighted by atomic mass is 32.2. The third kappa shape index (κ3) is 23.3. The van der Waals surface area contributed by atoms with Gasteiger partial charge in [-0.2, -0.15) is 8.42 Å². The SMILES string of the molecule is C=C(C)CNC(CC)NCCCS(=O)(=O)O.C[N+](C)(C)CC(=O)[O-]. The largest absolute Gasteiger partial charge is 0.544 e. The Morgan fingerprint density at radius 1 is 1.29 bits per heavy atom. The molecule has 0 bridgehead atoms. The van der Waals surface area contributed by atoms with Gasteiger partial charge in [0.1, 0.15) is 6.54 Å². The van der Waals surface area contributed by atoms with Gasteiger partial charge in [-0.25, -0.2) is 0 Å². The van der Waals surface area contributed by atoms with Crippen molar-refractivity contribution in [3.63, 3.8) is 0 Å². The van der Waals surface area contributed by atoms with Gasteiger partial charge in [-0.15, -0.1) is 0 Å². The number of carbonyl (C=O) groups is 1. The number of hydrogen-bond donors (Lipinski definition) is 3. The molecule has 0 aliphatic rings. The topological polar surface area (TPSA) is 119 Å². The molecule has 0 saturated heterocycles. The zero-order valence-corrected chi connectivity index (χ0v) is 16.3. The number of quaternary nitrogens is 1. The molecule has 0 radical (unpaired) electrons. The summed E-state index contributed by atoms with van der Waals surface area (Å²) in [6.07, 6.45) is 1.46. The van der Waals surface area contributed by atoms with Crippen molar-refractivity contribution in [2.75, 3.05) is 46.5 Å². The lowest BCUT2D eigenvalue weighted by molar-refractivity contribution is -0.864. The van der Waals surface area contributed by atoms with Crippen LogP contribution in [0.4, 0.5) is 0 Å². The molecule has 0 aromatic heterocycles. The van der Waals surface area contributed by atoms with Crippen molar-refractivity contribution >= 4 is 16.1 Å². The van der Waals surface area contributed by atoms with E-state index < -0.39 is 16.1 Å². The van der Waals surface area contributed by atoms with Crippen molar-refractivity contribution in [2.24, 2.45) is 0 Å². The molecule has 3 N–H and O–H groups in total. The summed E-state index contributed by atoms with van der Waals surface area (Å²) in [5.41, 5.74) is 1.05. The van der Waals surface area contributed by atoms with Crippen LogP contribution in [0.3, 0.4) is 0 Å². The molecule has 0 aromatic rings. The zero-order valence-electron chi connectivity index (χ0n) is 15.5. The Kier molecular flexibility index (Phi) is 13.0. The average Bonchev–Trinajstić information content (AvgIpc) is 2.34. The summed E-state index contributed by atoms with van der Waals surface area (Å²) in [6.45, 7) is 9.13. The number of aliphatic carboxylic acids is 1. The summed E-state index contributed by atoms with van der Waals surface area (Å²) in [5, 5.41) is 16.3. The highest BCUT2D eigenvalue weighted by Gasteiger charge is 2.06. The standard InChI is InChI=1S/C10H22N2O3S.C5H11NO2/c1-4-10(12-8-9(2)3)11-6-5-7-16(13,14)15;1-6(2,3)4-5(7)8/h10-12H,2,4-8H2,1,3H3,(H,13,14,15);4H2,1-3H3. The normalized spacial score (nSPS) is 12.9. The summed E-state index contributed by atoms with van der Waals surface area (Å²) in [6, 6.07) is 0. The number of hydrogen-bond acceptors (Lipinski definition) is 6. The van der Waals surface area contributed by atoms with E-state index in [0.29, 0.717) is 17.4 Å². The number of carboxylic acid groups (broad SMARTS) is 1. The van der Waals surface area contributed by atoms with E-state index in [1.807, 2.05) is 13.8 Å². The van der Waals surface area contributed by atoms with Crippen molar-refractivity contribution in [3.8, 4) is 0 Å². The molecule has 1 atom stereocenters. The van der Waals surface area contributed by atoms with Gasteiger partial charge in [-0.05, 0) is 26.3 Å². The molecule has 0 aliphatic heterocycles. The number of likely N-dealkylation sites (N-methyl/N-ethyl adjacent to an activating group) is 1. The molecule has 1 unspecified atom stereocenters. The van der Waals surface area contributed by atoms with Gasteiger partial charge in [0, 0.05) is 6.54 Å². The molecule has 0 saturated carbocycles.